The molecule has 98 valence electrons. The number of hydrogen-bond acceptors (Lipinski definition) is 1. The third-order valence-electron chi connectivity index (χ3n) is 2.56. The zero-order valence-corrected chi connectivity index (χ0v) is 12.5. The molecule has 0 fully saturated rings. The van der Waals surface area contributed by atoms with Crippen LogP contribution in [0.4, 0.5) is 4.79 Å². The van der Waals surface area contributed by atoms with Gasteiger partial charge in [-0.15, -0.1) is 0 Å². The number of benzene rings is 1. The Bertz CT molecular complexity index is 432. The van der Waals surface area contributed by atoms with Crippen molar-refractivity contribution in [3.05, 3.63) is 46.5 Å². The predicted molar refractivity (Wildman–Crippen MR) is 78.7 cm³/mol. The Balaban J connectivity index is 2.61. The minimum atomic E-state index is -0.0698. The van der Waals surface area contributed by atoms with E-state index in [1.54, 1.807) is 4.90 Å². The van der Waals surface area contributed by atoms with E-state index in [-0.39, 0.29) is 6.03 Å². The van der Waals surface area contributed by atoms with Gasteiger partial charge in [-0.05, 0) is 19.4 Å². The van der Waals surface area contributed by atoms with Gasteiger partial charge in [0.25, 0.3) is 0 Å². The molecule has 0 aliphatic heterocycles. The zero-order chi connectivity index (χ0) is 13.5. The maximum Gasteiger partial charge on any atom is 0.317 e. The van der Waals surface area contributed by atoms with E-state index in [4.69, 9.17) is 0 Å². The minimum absolute atomic E-state index is 0.0698. The average molecular weight is 311 g/mol. The van der Waals surface area contributed by atoms with Crippen LogP contribution in [0.15, 0.2) is 35.3 Å². The van der Waals surface area contributed by atoms with Crippen molar-refractivity contribution in [2.75, 3.05) is 13.1 Å². The molecule has 0 unspecified atom stereocenters. The molecule has 1 aromatic carbocycles. The number of halogens is 1. The lowest BCUT2D eigenvalue weighted by Gasteiger charge is -2.21. The summed E-state index contributed by atoms with van der Waals surface area (Å²) in [5.74, 6) is 0. The van der Waals surface area contributed by atoms with Crippen LogP contribution >= 0.6 is 15.9 Å². The van der Waals surface area contributed by atoms with E-state index in [2.05, 4.69) is 46.9 Å². The summed E-state index contributed by atoms with van der Waals surface area (Å²) in [5, 5.41) is 2.81. The van der Waals surface area contributed by atoms with Crippen molar-refractivity contribution < 1.29 is 4.79 Å². The molecule has 2 amide bonds. The molecule has 0 atom stereocenters. The summed E-state index contributed by atoms with van der Waals surface area (Å²) in [6.07, 6.45) is 0. The van der Waals surface area contributed by atoms with Crippen LogP contribution in [0.1, 0.15) is 18.1 Å². The first-order chi connectivity index (χ1) is 8.52. The number of nitrogens with zero attached hydrogens (tertiary/aromatic N) is 1. The van der Waals surface area contributed by atoms with Gasteiger partial charge in [0, 0.05) is 17.6 Å². The van der Waals surface area contributed by atoms with Crippen LogP contribution in [-0.2, 0) is 6.54 Å². The summed E-state index contributed by atoms with van der Waals surface area (Å²) in [7, 11) is 0. The first-order valence-corrected chi connectivity index (χ1v) is 6.73. The molecule has 0 spiro atoms. The monoisotopic (exact) mass is 310 g/mol. The molecule has 0 radical (unpaired) electrons. The number of rotatable bonds is 5. The second-order valence-electron chi connectivity index (χ2n) is 4.18. The van der Waals surface area contributed by atoms with Crippen LogP contribution in [0.5, 0.6) is 0 Å². The summed E-state index contributed by atoms with van der Waals surface area (Å²) < 4.78 is 0.766. The smallest absolute Gasteiger partial charge is 0.317 e. The number of carbonyl (C=O) groups excluding carboxylic acids is 1. The first-order valence-electron chi connectivity index (χ1n) is 5.94. The molecule has 0 saturated heterocycles. The van der Waals surface area contributed by atoms with Gasteiger partial charge in [0.15, 0.2) is 0 Å². The van der Waals surface area contributed by atoms with E-state index in [1.807, 2.05) is 19.1 Å². The zero-order valence-electron chi connectivity index (χ0n) is 10.9. The van der Waals surface area contributed by atoms with E-state index in [0.29, 0.717) is 19.6 Å². The Labute approximate surface area is 117 Å². The van der Waals surface area contributed by atoms with E-state index in [9.17, 15) is 4.79 Å². The van der Waals surface area contributed by atoms with Crippen molar-refractivity contribution in [3.8, 4) is 0 Å². The van der Waals surface area contributed by atoms with Crippen molar-refractivity contribution >= 4 is 22.0 Å². The molecule has 4 heteroatoms. The Kier molecular flexibility index (Phi) is 5.92. The van der Waals surface area contributed by atoms with Gasteiger partial charge in [-0.2, -0.15) is 0 Å². The average Bonchev–Trinajstić information content (AvgIpc) is 2.33. The lowest BCUT2D eigenvalue weighted by molar-refractivity contribution is 0.199. The van der Waals surface area contributed by atoms with Gasteiger partial charge < -0.3 is 10.2 Å². The largest absolute Gasteiger partial charge is 0.333 e. The molecular weight excluding hydrogens is 292 g/mol. The number of urea groups is 1. The highest BCUT2D eigenvalue weighted by Gasteiger charge is 2.11. The number of aryl methyl sites for hydroxylation is 1. The SMILES string of the molecule is C=C(Br)CNC(=O)N(CC)Cc1cccc(C)c1. The maximum absolute atomic E-state index is 11.9. The second kappa shape index (κ2) is 7.21. The molecule has 1 rings (SSSR count). The van der Waals surface area contributed by atoms with Gasteiger partial charge in [-0.3, -0.25) is 0 Å². The van der Waals surface area contributed by atoms with E-state index in [1.165, 1.54) is 5.56 Å². The standard InChI is InChI=1S/C14H19BrN2O/c1-4-17(14(18)16-9-12(3)15)10-13-7-5-6-11(2)8-13/h5-8H,3-4,9-10H2,1-2H3,(H,16,18). The topological polar surface area (TPSA) is 32.3 Å². The van der Waals surface area contributed by atoms with Gasteiger partial charge in [0.05, 0.1) is 6.54 Å². The van der Waals surface area contributed by atoms with Crippen molar-refractivity contribution in [1.82, 2.24) is 10.2 Å². The van der Waals surface area contributed by atoms with E-state index >= 15 is 0 Å². The lowest BCUT2D eigenvalue weighted by Crippen LogP contribution is -2.39. The number of amides is 2. The molecule has 1 aromatic rings. The van der Waals surface area contributed by atoms with Crippen molar-refractivity contribution in [3.63, 3.8) is 0 Å². The Morgan fingerprint density at radius 2 is 2.22 bits per heavy atom. The number of nitrogens with one attached hydrogen (secondary N) is 1. The summed E-state index contributed by atoms with van der Waals surface area (Å²) in [4.78, 5) is 13.7. The fraction of sp³-hybridized carbons (Fsp3) is 0.357. The van der Waals surface area contributed by atoms with Crippen molar-refractivity contribution in [1.29, 1.82) is 0 Å². The van der Waals surface area contributed by atoms with Gasteiger partial charge in [0.2, 0.25) is 0 Å². The fourth-order valence-corrected chi connectivity index (χ4v) is 1.78. The van der Waals surface area contributed by atoms with Crippen LogP contribution in [-0.4, -0.2) is 24.0 Å². The van der Waals surface area contributed by atoms with Crippen LogP contribution in [0.25, 0.3) is 0 Å². The molecule has 1 N–H and O–H groups in total. The highest BCUT2D eigenvalue weighted by Crippen LogP contribution is 2.08. The third kappa shape index (κ3) is 4.92. The predicted octanol–water partition coefficient (Wildman–Crippen LogP) is 3.44. The number of hydrogen-bond donors (Lipinski definition) is 1. The van der Waals surface area contributed by atoms with Gasteiger partial charge in [0.1, 0.15) is 0 Å². The fourth-order valence-electron chi connectivity index (χ4n) is 1.64. The first kappa shape index (κ1) is 14.8. The molecule has 0 aliphatic rings. The van der Waals surface area contributed by atoms with E-state index in [0.717, 1.165) is 10.0 Å². The Morgan fingerprint density at radius 1 is 1.50 bits per heavy atom. The molecular formula is C14H19BrN2O. The van der Waals surface area contributed by atoms with Crippen molar-refractivity contribution in [2.45, 2.75) is 20.4 Å². The molecule has 0 saturated carbocycles. The van der Waals surface area contributed by atoms with Crippen LogP contribution in [0.2, 0.25) is 0 Å². The number of carbonyl (C=O) groups is 1. The van der Waals surface area contributed by atoms with Crippen LogP contribution in [0.3, 0.4) is 0 Å². The van der Waals surface area contributed by atoms with Gasteiger partial charge in [-0.1, -0.05) is 52.3 Å². The molecule has 0 aromatic heterocycles. The minimum Gasteiger partial charge on any atom is -0.333 e. The molecule has 0 aliphatic carbocycles. The van der Waals surface area contributed by atoms with Crippen LogP contribution < -0.4 is 5.32 Å². The summed E-state index contributed by atoms with van der Waals surface area (Å²) in [6.45, 7) is 9.46. The van der Waals surface area contributed by atoms with Gasteiger partial charge in [-0.25, -0.2) is 4.79 Å². The maximum atomic E-state index is 11.9. The van der Waals surface area contributed by atoms with Crippen molar-refractivity contribution in [2.24, 2.45) is 0 Å². The third-order valence-corrected chi connectivity index (χ3v) is 2.84. The molecule has 0 heterocycles. The molecule has 0 bridgehead atoms. The quantitative estimate of drug-likeness (QED) is 0.888. The summed E-state index contributed by atoms with van der Waals surface area (Å²) in [5.41, 5.74) is 2.35. The summed E-state index contributed by atoms with van der Waals surface area (Å²) >= 11 is 3.22. The second-order valence-corrected chi connectivity index (χ2v) is 5.30. The molecule has 3 nitrogen and oxygen atoms in total. The summed E-state index contributed by atoms with van der Waals surface area (Å²) in [6, 6.07) is 8.12. The van der Waals surface area contributed by atoms with Crippen LogP contribution in [0, 0.1) is 6.92 Å². The van der Waals surface area contributed by atoms with E-state index < -0.39 is 0 Å². The highest BCUT2D eigenvalue weighted by atomic mass is 79.9. The Hall–Kier alpha value is -1.29. The molecule has 18 heavy (non-hydrogen) atoms. The lowest BCUT2D eigenvalue weighted by atomic mass is 10.1. The highest BCUT2D eigenvalue weighted by molar-refractivity contribution is 9.11. The Morgan fingerprint density at radius 3 is 2.78 bits per heavy atom. The van der Waals surface area contributed by atoms with Gasteiger partial charge >= 0.3 is 6.03 Å². The normalized spacial score (nSPS) is 9.94.